The van der Waals surface area contributed by atoms with E-state index in [9.17, 15) is 4.79 Å². The SMILES string of the molecule is O=C(Nc1ccn(Cc2c(Cl)cccc2Cl)n1)C1CCCCC1. The Balaban J connectivity index is 1.65. The first-order valence-electron chi connectivity index (χ1n) is 7.90. The summed E-state index contributed by atoms with van der Waals surface area (Å²) in [6.07, 6.45) is 7.27. The maximum Gasteiger partial charge on any atom is 0.228 e. The van der Waals surface area contributed by atoms with Crippen LogP contribution >= 0.6 is 23.2 Å². The van der Waals surface area contributed by atoms with E-state index in [4.69, 9.17) is 23.2 Å². The molecule has 1 aliphatic rings. The highest BCUT2D eigenvalue weighted by molar-refractivity contribution is 6.35. The lowest BCUT2D eigenvalue weighted by Crippen LogP contribution is -2.25. The minimum Gasteiger partial charge on any atom is -0.309 e. The van der Waals surface area contributed by atoms with E-state index in [1.54, 1.807) is 22.9 Å². The van der Waals surface area contributed by atoms with Gasteiger partial charge >= 0.3 is 0 Å². The molecule has 0 aliphatic heterocycles. The molecule has 4 nitrogen and oxygen atoms in total. The van der Waals surface area contributed by atoms with Crippen LogP contribution in [0.2, 0.25) is 10.0 Å². The number of nitrogens with one attached hydrogen (secondary N) is 1. The predicted octanol–water partition coefficient (Wildman–Crippen LogP) is 4.76. The molecular formula is C17H19Cl2N3O. The molecule has 0 atom stereocenters. The zero-order chi connectivity index (χ0) is 16.2. The Hall–Kier alpha value is -1.52. The predicted molar refractivity (Wildman–Crippen MR) is 93.0 cm³/mol. The zero-order valence-electron chi connectivity index (χ0n) is 12.8. The molecular weight excluding hydrogens is 333 g/mol. The summed E-state index contributed by atoms with van der Waals surface area (Å²) in [5.41, 5.74) is 0.823. The Bertz CT molecular complexity index is 673. The summed E-state index contributed by atoms with van der Waals surface area (Å²) < 4.78 is 1.73. The van der Waals surface area contributed by atoms with Crippen molar-refractivity contribution < 1.29 is 4.79 Å². The van der Waals surface area contributed by atoms with E-state index in [1.165, 1.54) is 6.42 Å². The van der Waals surface area contributed by atoms with Gasteiger partial charge in [-0.15, -0.1) is 0 Å². The molecule has 1 amide bonds. The lowest BCUT2D eigenvalue weighted by Gasteiger charge is -2.19. The Morgan fingerprint density at radius 1 is 1.17 bits per heavy atom. The molecule has 1 aromatic heterocycles. The lowest BCUT2D eigenvalue weighted by molar-refractivity contribution is -0.120. The van der Waals surface area contributed by atoms with Crippen LogP contribution in [-0.2, 0) is 11.3 Å². The Kier molecular flexibility index (Phi) is 5.23. The van der Waals surface area contributed by atoms with Crippen LogP contribution in [0.25, 0.3) is 0 Å². The second-order valence-corrected chi connectivity index (χ2v) is 6.74. The summed E-state index contributed by atoms with van der Waals surface area (Å²) in [5.74, 6) is 0.765. The van der Waals surface area contributed by atoms with Crippen molar-refractivity contribution in [2.24, 2.45) is 5.92 Å². The van der Waals surface area contributed by atoms with Crippen LogP contribution in [0.15, 0.2) is 30.5 Å². The van der Waals surface area contributed by atoms with Crippen molar-refractivity contribution in [3.63, 3.8) is 0 Å². The molecule has 1 saturated carbocycles. The summed E-state index contributed by atoms with van der Waals surface area (Å²) in [6, 6.07) is 7.22. The number of halogens is 2. The van der Waals surface area contributed by atoms with Gasteiger partial charge in [0.25, 0.3) is 0 Å². The summed E-state index contributed by atoms with van der Waals surface area (Å²) in [5, 5.41) is 8.52. The van der Waals surface area contributed by atoms with Crippen molar-refractivity contribution in [2.75, 3.05) is 5.32 Å². The molecule has 0 radical (unpaired) electrons. The number of amides is 1. The second kappa shape index (κ2) is 7.37. The summed E-state index contributed by atoms with van der Waals surface area (Å²) in [6.45, 7) is 0.470. The molecule has 6 heteroatoms. The van der Waals surface area contributed by atoms with E-state index in [0.29, 0.717) is 22.4 Å². The van der Waals surface area contributed by atoms with Crippen LogP contribution in [0, 0.1) is 5.92 Å². The van der Waals surface area contributed by atoms with Crippen molar-refractivity contribution >= 4 is 34.9 Å². The Labute approximate surface area is 145 Å². The van der Waals surface area contributed by atoms with Crippen molar-refractivity contribution in [3.8, 4) is 0 Å². The van der Waals surface area contributed by atoms with Crippen molar-refractivity contribution in [1.29, 1.82) is 0 Å². The first-order chi connectivity index (χ1) is 11.1. The molecule has 2 aromatic rings. The van der Waals surface area contributed by atoms with Crippen LogP contribution < -0.4 is 5.32 Å². The minimum atomic E-state index is 0.0747. The molecule has 1 N–H and O–H groups in total. The summed E-state index contributed by atoms with van der Waals surface area (Å²) in [7, 11) is 0. The molecule has 0 bridgehead atoms. The van der Waals surface area contributed by atoms with Gasteiger partial charge in [-0.25, -0.2) is 0 Å². The number of nitrogens with zero attached hydrogens (tertiary/aromatic N) is 2. The van der Waals surface area contributed by atoms with Gasteiger partial charge in [0.15, 0.2) is 5.82 Å². The third-order valence-electron chi connectivity index (χ3n) is 4.25. The van der Waals surface area contributed by atoms with Gasteiger partial charge in [0, 0.05) is 33.8 Å². The Morgan fingerprint density at radius 2 is 1.87 bits per heavy atom. The fraction of sp³-hybridized carbons (Fsp3) is 0.412. The number of carbonyl (C=O) groups is 1. The fourth-order valence-electron chi connectivity index (χ4n) is 2.95. The highest BCUT2D eigenvalue weighted by atomic mass is 35.5. The van der Waals surface area contributed by atoms with Gasteiger partial charge in [0.2, 0.25) is 5.91 Å². The van der Waals surface area contributed by atoms with Gasteiger partial charge in [-0.05, 0) is 25.0 Å². The minimum absolute atomic E-state index is 0.0747. The van der Waals surface area contributed by atoms with Gasteiger partial charge in [-0.1, -0.05) is 48.5 Å². The fourth-order valence-corrected chi connectivity index (χ4v) is 3.47. The maximum atomic E-state index is 12.2. The normalized spacial score (nSPS) is 15.6. The average Bonchev–Trinajstić information content (AvgIpc) is 2.99. The third kappa shape index (κ3) is 4.06. The molecule has 3 rings (SSSR count). The molecule has 1 heterocycles. The van der Waals surface area contributed by atoms with E-state index in [0.717, 1.165) is 31.2 Å². The van der Waals surface area contributed by atoms with Gasteiger partial charge in [0.05, 0.1) is 6.54 Å². The van der Waals surface area contributed by atoms with Crippen molar-refractivity contribution in [3.05, 3.63) is 46.1 Å². The van der Waals surface area contributed by atoms with Crippen LogP contribution in [0.1, 0.15) is 37.7 Å². The molecule has 23 heavy (non-hydrogen) atoms. The molecule has 1 aromatic carbocycles. The zero-order valence-corrected chi connectivity index (χ0v) is 14.3. The third-order valence-corrected chi connectivity index (χ3v) is 4.96. The largest absolute Gasteiger partial charge is 0.309 e. The first kappa shape index (κ1) is 16.3. The number of rotatable bonds is 4. The summed E-state index contributed by atoms with van der Waals surface area (Å²) >= 11 is 12.4. The van der Waals surface area contributed by atoms with Crippen LogP contribution in [-0.4, -0.2) is 15.7 Å². The molecule has 1 aliphatic carbocycles. The molecule has 0 saturated heterocycles. The molecule has 122 valence electrons. The van der Waals surface area contributed by atoms with Gasteiger partial charge in [-0.2, -0.15) is 5.10 Å². The standard InChI is InChI=1S/C17H19Cl2N3O/c18-14-7-4-8-15(19)13(14)11-22-10-9-16(21-22)20-17(23)12-5-2-1-3-6-12/h4,7-10,12H,1-3,5-6,11H2,(H,20,21,23). The van der Waals surface area contributed by atoms with Gasteiger partial charge < -0.3 is 5.32 Å². The quantitative estimate of drug-likeness (QED) is 0.863. The van der Waals surface area contributed by atoms with E-state index in [2.05, 4.69) is 10.4 Å². The van der Waals surface area contributed by atoms with E-state index >= 15 is 0 Å². The van der Waals surface area contributed by atoms with E-state index in [1.807, 2.05) is 12.3 Å². The summed E-state index contributed by atoms with van der Waals surface area (Å²) in [4.78, 5) is 12.2. The smallest absolute Gasteiger partial charge is 0.228 e. The Morgan fingerprint density at radius 3 is 2.57 bits per heavy atom. The first-order valence-corrected chi connectivity index (χ1v) is 8.66. The molecule has 1 fully saturated rings. The lowest BCUT2D eigenvalue weighted by atomic mass is 9.89. The van der Waals surface area contributed by atoms with Crippen LogP contribution in [0.4, 0.5) is 5.82 Å². The number of hydrogen-bond donors (Lipinski definition) is 1. The van der Waals surface area contributed by atoms with E-state index < -0.39 is 0 Å². The second-order valence-electron chi connectivity index (χ2n) is 5.92. The maximum absolute atomic E-state index is 12.2. The van der Waals surface area contributed by atoms with Gasteiger partial charge in [-0.3, -0.25) is 9.48 Å². The number of carbonyl (C=O) groups excluding carboxylic acids is 1. The molecule has 0 spiro atoms. The monoisotopic (exact) mass is 351 g/mol. The van der Waals surface area contributed by atoms with E-state index in [-0.39, 0.29) is 11.8 Å². The molecule has 0 unspecified atom stereocenters. The van der Waals surface area contributed by atoms with Crippen molar-refractivity contribution in [1.82, 2.24) is 9.78 Å². The number of benzene rings is 1. The number of aromatic nitrogens is 2. The average molecular weight is 352 g/mol. The number of hydrogen-bond acceptors (Lipinski definition) is 2. The topological polar surface area (TPSA) is 46.9 Å². The van der Waals surface area contributed by atoms with Crippen molar-refractivity contribution in [2.45, 2.75) is 38.6 Å². The highest BCUT2D eigenvalue weighted by Gasteiger charge is 2.21. The van der Waals surface area contributed by atoms with Crippen LogP contribution in [0.3, 0.4) is 0 Å². The highest BCUT2D eigenvalue weighted by Crippen LogP contribution is 2.26. The number of anilines is 1. The van der Waals surface area contributed by atoms with Gasteiger partial charge in [0.1, 0.15) is 0 Å². The van der Waals surface area contributed by atoms with Crippen LogP contribution in [0.5, 0.6) is 0 Å².